The van der Waals surface area contributed by atoms with E-state index in [-0.39, 0.29) is 12.8 Å². The summed E-state index contributed by atoms with van der Waals surface area (Å²) in [4.78, 5) is 0. The highest BCUT2D eigenvalue weighted by atomic mass is 32.2. The number of halogens is 3. The molecule has 2 aromatic carbocycles. The van der Waals surface area contributed by atoms with Crippen LogP contribution in [0.2, 0.25) is 0 Å². The lowest BCUT2D eigenvalue weighted by Crippen LogP contribution is -2.61. The predicted octanol–water partition coefficient (Wildman–Crippen LogP) is 4.84. The van der Waals surface area contributed by atoms with Crippen molar-refractivity contribution in [1.29, 1.82) is 0 Å². The van der Waals surface area contributed by atoms with E-state index in [4.69, 9.17) is 0 Å². The van der Waals surface area contributed by atoms with Crippen LogP contribution in [0.15, 0.2) is 60.7 Å². The molecule has 0 bridgehead atoms. The zero-order chi connectivity index (χ0) is 19.8. The van der Waals surface area contributed by atoms with Gasteiger partial charge >= 0.3 is 15.5 Å². The van der Waals surface area contributed by atoms with E-state index in [1.807, 2.05) is 4.72 Å². The third-order valence-electron chi connectivity index (χ3n) is 5.23. The summed E-state index contributed by atoms with van der Waals surface area (Å²) in [5.74, 6) is 0. The molecule has 1 saturated carbocycles. The van der Waals surface area contributed by atoms with Crippen molar-refractivity contribution in [3.8, 4) is 0 Å². The molecule has 1 aliphatic carbocycles. The van der Waals surface area contributed by atoms with E-state index in [9.17, 15) is 27.3 Å². The predicted molar refractivity (Wildman–Crippen MR) is 97.1 cm³/mol. The van der Waals surface area contributed by atoms with Crippen molar-refractivity contribution < 1.29 is 21.6 Å². The zero-order valence-corrected chi connectivity index (χ0v) is 15.3. The molecule has 2 N–H and O–H groups in total. The van der Waals surface area contributed by atoms with Crippen molar-refractivity contribution in [2.45, 2.75) is 42.3 Å². The SMILES string of the molecule is [NH-][C@]1(c2ccccc2)CCCC[C@]1(NS(=O)(=O)C(F)(F)F)c1ccccc1. The Morgan fingerprint density at radius 1 is 0.852 bits per heavy atom. The second-order valence-corrected chi connectivity index (χ2v) is 8.47. The summed E-state index contributed by atoms with van der Waals surface area (Å²) in [5, 5.41) is 0. The summed E-state index contributed by atoms with van der Waals surface area (Å²) in [5.41, 5.74) is 1.29. The minimum atomic E-state index is -5.65. The molecule has 1 aliphatic rings. The van der Waals surface area contributed by atoms with Gasteiger partial charge in [0.25, 0.3) is 0 Å². The third-order valence-corrected chi connectivity index (χ3v) is 6.46. The fourth-order valence-electron chi connectivity index (χ4n) is 3.92. The molecule has 0 heterocycles. The van der Waals surface area contributed by atoms with Crippen molar-refractivity contribution in [1.82, 2.24) is 4.72 Å². The van der Waals surface area contributed by atoms with Gasteiger partial charge in [-0.2, -0.15) is 17.9 Å². The maximum absolute atomic E-state index is 13.2. The lowest BCUT2D eigenvalue weighted by atomic mass is 9.62. The van der Waals surface area contributed by atoms with Gasteiger partial charge in [-0.05, 0) is 12.0 Å². The molecule has 0 amide bonds. The highest BCUT2D eigenvalue weighted by Gasteiger charge is 2.55. The molecule has 0 saturated heterocycles. The van der Waals surface area contributed by atoms with E-state index in [1.54, 1.807) is 60.7 Å². The smallest absolute Gasteiger partial charge is 0.511 e. The van der Waals surface area contributed by atoms with Gasteiger partial charge in [0.2, 0.25) is 0 Å². The quantitative estimate of drug-likeness (QED) is 0.802. The van der Waals surface area contributed by atoms with Crippen LogP contribution in [0.5, 0.6) is 0 Å². The standard InChI is InChI=1S/C19H20F3N2O2S/c20-19(21,22)27(25,26)24-18(16-11-5-2-6-12-16)14-8-7-13-17(18,23)15-9-3-1-4-10-15/h1-6,9-12,23-24H,7-8,13-14H2/q-1/t17-,18-/m0/s1. The van der Waals surface area contributed by atoms with Gasteiger partial charge in [-0.3, -0.25) is 0 Å². The average Bonchev–Trinajstić information content (AvgIpc) is 2.64. The first-order chi connectivity index (χ1) is 12.6. The first kappa shape index (κ1) is 19.9. The van der Waals surface area contributed by atoms with Crippen molar-refractivity contribution in [2.75, 3.05) is 0 Å². The summed E-state index contributed by atoms with van der Waals surface area (Å²) >= 11 is 0. The average molecular weight is 397 g/mol. The normalized spacial score (nSPS) is 26.7. The van der Waals surface area contributed by atoms with Crippen LogP contribution in [-0.2, 0) is 21.1 Å². The molecule has 2 aromatic rings. The Morgan fingerprint density at radius 2 is 1.33 bits per heavy atom. The molecule has 0 aromatic heterocycles. The van der Waals surface area contributed by atoms with E-state index in [1.165, 1.54) is 0 Å². The third kappa shape index (κ3) is 3.37. The molecular formula is C19H20F3N2O2S-. The van der Waals surface area contributed by atoms with Crippen LogP contribution in [0.3, 0.4) is 0 Å². The van der Waals surface area contributed by atoms with E-state index >= 15 is 0 Å². The first-order valence-corrected chi connectivity index (χ1v) is 10.1. The maximum Gasteiger partial charge on any atom is 0.511 e. The minimum absolute atomic E-state index is 0.102. The first-order valence-electron chi connectivity index (χ1n) is 8.59. The van der Waals surface area contributed by atoms with Crippen LogP contribution in [-0.4, -0.2) is 13.9 Å². The monoisotopic (exact) mass is 397 g/mol. The van der Waals surface area contributed by atoms with E-state index in [0.29, 0.717) is 24.0 Å². The van der Waals surface area contributed by atoms with Crippen LogP contribution in [0.1, 0.15) is 36.8 Å². The molecule has 27 heavy (non-hydrogen) atoms. The number of benzene rings is 2. The molecule has 1 fully saturated rings. The number of hydrogen-bond donors (Lipinski definition) is 1. The van der Waals surface area contributed by atoms with Gasteiger partial charge in [-0.25, -0.2) is 8.42 Å². The molecule has 146 valence electrons. The highest BCUT2D eigenvalue weighted by molar-refractivity contribution is 7.90. The lowest BCUT2D eigenvalue weighted by molar-refractivity contribution is -0.0467. The Balaban J connectivity index is 2.25. The van der Waals surface area contributed by atoms with E-state index in [0.717, 1.165) is 0 Å². The second-order valence-electron chi connectivity index (χ2n) is 6.80. The Kier molecular flexibility index (Phi) is 5.09. The minimum Gasteiger partial charge on any atom is -0.666 e. The molecule has 0 spiro atoms. The van der Waals surface area contributed by atoms with Crippen LogP contribution in [0.4, 0.5) is 13.2 Å². The maximum atomic E-state index is 13.2. The molecule has 0 radical (unpaired) electrons. The van der Waals surface area contributed by atoms with Crippen molar-refractivity contribution >= 4 is 10.0 Å². The van der Waals surface area contributed by atoms with E-state index in [2.05, 4.69) is 0 Å². The van der Waals surface area contributed by atoms with Crippen LogP contribution < -0.4 is 4.72 Å². The molecule has 0 aliphatic heterocycles. The summed E-state index contributed by atoms with van der Waals surface area (Å²) in [6.45, 7) is 0. The van der Waals surface area contributed by atoms with Gasteiger partial charge in [-0.15, -0.1) is 0 Å². The van der Waals surface area contributed by atoms with Gasteiger partial charge in [-0.1, -0.05) is 91.0 Å². The number of nitrogens with one attached hydrogen (secondary N) is 2. The van der Waals surface area contributed by atoms with Crippen molar-refractivity contribution in [2.24, 2.45) is 0 Å². The molecule has 4 nitrogen and oxygen atoms in total. The molecule has 2 atom stereocenters. The zero-order valence-electron chi connectivity index (χ0n) is 14.5. The van der Waals surface area contributed by atoms with Crippen molar-refractivity contribution in [3.05, 3.63) is 77.5 Å². The topological polar surface area (TPSA) is 70.0 Å². The highest BCUT2D eigenvalue weighted by Crippen LogP contribution is 2.53. The van der Waals surface area contributed by atoms with Crippen LogP contribution in [0.25, 0.3) is 5.73 Å². The molecule has 8 heteroatoms. The Hall–Kier alpha value is -1.90. The van der Waals surface area contributed by atoms with Gasteiger partial charge < -0.3 is 5.73 Å². The van der Waals surface area contributed by atoms with Crippen LogP contribution >= 0.6 is 0 Å². The van der Waals surface area contributed by atoms with Crippen LogP contribution in [0, 0.1) is 0 Å². The number of rotatable bonds is 4. The fourth-order valence-corrected chi connectivity index (χ4v) is 4.89. The van der Waals surface area contributed by atoms with Gasteiger partial charge in [0, 0.05) is 5.54 Å². The van der Waals surface area contributed by atoms with E-state index < -0.39 is 26.6 Å². The lowest BCUT2D eigenvalue weighted by Gasteiger charge is -2.59. The molecule has 0 unspecified atom stereocenters. The summed E-state index contributed by atoms with van der Waals surface area (Å²) in [6.07, 6.45) is 1.49. The Morgan fingerprint density at radius 3 is 1.85 bits per heavy atom. The van der Waals surface area contributed by atoms with Gasteiger partial charge in [0.05, 0.1) is 0 Å². The largest absolute Gasteiger partial charge is 0.666 e. The summed E-state index contributed by atoms with van der Waals surface area (Å²) < 4.78 is 65.8. The summed E-state index contributed by atoms with van der Waals surface area (Å²) in [6, 6.07) is 16.6. The van der Waals surface area contributed by atoms with Gasteiger partial charge in [0.15, 0.2) is 0 Å². The Bertz CT molecular complexity index is 888. The fraction of sp³-hybridized carbons (Fsp3) is 0.368. The number of sulfonamides is 1. The van der Waals surface area contributed by atoms with Crippen molar-refractivity contribution in [3.63, 3.8) is 0 Å². The molecular weight excluding hydrogens is 377 g/mol. The number of alkyl halides is 3. The summed E-state index contributed by atoms with van der Waals surface area (Å²) in [7, 11) is -5.65. The van der Waals surface area contributed by atoms with Gasteiger partial charge in [0.1, 0.15) is 0 Å². The number of hydrogen-bond acceptors (Lipinski definition) is 2. The molecule has 3 rings (SSSR count). The Labute approximate surface area is 156 Å². The second kappa shape index (κ2) is 6.92.